The van der Waals surface area contributed by atoms with Gasteiger partial charge in [0, 0.05) is 29.9 Å². The van der Waals surface area contributed by atoms with Crippen LogP contribution in [0.4, 0.5) is 0 Å². The second-order valence-electron chi connectivity index (χ2n) is 3.71. The summed E-state index contributed by atoms with van der Waals surface area (Å²) in [6.07, 6.45) is 2.27. The molecular formula is C12H23NO3Si. The molecule has 0 radical (unpaired) electrons. The predicted octanol–water partition coefficient (Wildman–Crippen LogP) is 0.540. The zero-order valence-electron chi connectivity index (χ0n) is 11.3. The van der Waals surface area contributed by atoms with Crippen LogP contribution in [0.3, 0.4) is 0 Å². The number of likely N-dealkylation sites (N-methyl/N-ethyl adjacent to an activating group) is 1. The van der Waals surface area contributed by atoms with E-state index in [9.17, 15) is 9.59 Å². The van der Waals surface area contributed by atoms with Gasteiger partial charge in [0.15, 0.2) is 0 Å². The number of hydrogen-bond donors (Lipinski definition) is 0. The van der Waals surface area contributed by atoms with E-state index in [1.807, 2.05) is 0 Å². The molecule has 0 heterocycles. The highest BCUT2D eigenvalue weighted by molar-refractivity contribution is 6.08. The number of rotatable bonds is 5. The van der Waals surface area contributed by atoms with Crippen LogP contribution < -0.4 is 0 Å². The summed E-state index contributed by atoms with van der Waals surface area (Å²) >= 11 is 0. The fourth-order valence-corrected chi connectivity index (χ4v) is 0.904. The lowest BCUT2D eigenvalue weighted by atomic mass is 10.4. The van der Waals surface area contributed by atoms with Crippen molar-refractivity contribution in [3.63, 3.8) is 0 Å². The van der Waals surface area contributed by atoms with Gasteiger partial charge in [-0.3, -0.25) is 4.79 Å². The van der Waals surface area contributed by atoms with E-state index < -0.39 is 0 Å². The van der Waals surface area contributed by atoms with Crippen molar-refractivity contribution in [2.75, 3.05) is 20.7 Å². The van der Waals surface area contributed by atoms with E-state index in [0.717, 1.165) is 6.42 Å². The summed E-state index contributed by atoms with van der Waals surface area (Å²) < 4.78 is 4.83. The molecule has 0 aromatic heterocycles. The molecule has 5 heteroatoms. The maximum atomic E-state index is 10.7. The largest absolute Gasteiger partial charge is 0.462 e. The number of carbonyl (C=O) groups excluding carboxylic acids is 2. The minimum Gasteiger partial charge on any atom is -0.462 e. The van der Waals surface area contributed by atoms with Crippen LogP contribution in [-0.4, -0.2) is 47.7 Å². The van der Waals surface area contributed by atoms with Crippen LogP contribution in [0.15, 0.2) is 24.8 Å². The second-order valence-corrected chi connectivity index (χ2v) is 4.71. The molecule has 17 heavy (non-hydrogen) atoms. The summed E-state index contributed by atoms with van der Waals surface area (Å²) in [5.41, 5.74) is 0.480. The molecule has 0 aromatic carbocycles. The normalized spacial score (nSPS) is 8.65. The highest BCUT2D eigenvalue weighted by Crippen LogP contribution is 1.94. The fourth-order valence-electron chi connectivity index (χ4n) is 0.615. The van der Waals surface area contributed by atoms with E-state index in [4.69, 9.17) is 4.74 Å². The van der Waals surface area contributed by atoms with Gasteiger partial charge in [0.2, 0.25) is 5.91 Å². The molecule has 1 amide bonds. The number of carbonyl (C=O) groups is 2. The Hall–Kier alpha value is -1.36. The van der Waals surface area contributed by atoms with Crippen molar-refractivity contribution in [2.24, 2.45) is 0 Å². The van der Waals surface area contributed by atoms with Crippen LogP contribution in [0.25, 0.3) is 0 Å². The summed E-state index contributed by atoms with van der Waals surface area (Å²) in [5.74, 6) is -0.324. The first-order valence-electron chi connectivity index (χ1n) is 5.53. The number of hydrogen-bond acceptors (Lipinski definition) is 3. The molecular weight excluding hydrogens is 234 g/mol. The molecule has 0 unspecified atom stereocenters. The average molecular weight is 257 g/mol. The van der Waals surface area contributed by atoms with Gasteiger partial charge in [-0.2, -0.15) is 0 Å². The van der Waals surface area contributed by atoms with Crippen molar-refractivity contribution in [3.05, 3.63) is 24.8 Å². The molecule has 4 nitrogen and oxygen atoms in total. The first-order valence-corrected chi connectivity index (χ1v) is 6.94. The molecule has 0 aliphatic heterocycles. The first-order chi connectivity index (χ1) is 7.86. The van der Waals surface area contributed by atoms with Gasteiger partial charge in [0.05, 0.1) is 6.61 Å². The van der Waals surface area contributed by atoms with Crippen molar-refractivity contribution in [3.8, 4) is 0 Å². The zero-order valence-corrected chi connectivity index (χ0v) is 13.3. The topological polar surface area (TPSA) is 46.6 Å². The Morgan fingerprint density at radius 1 is 1.41 bits per heavy atom. The molecule has 0 bridgehead atoms. The van der Waals surface area contributed by atoms with Gasteiger partial charge in [0.25, 0.3) is 0 Å². The summed E-state index contributed by atoms with van der Waals surface area (Å²) in [4.78, 5) is 22.5. The maximum absolute atomic E-state index is 10.7. The Labute approximate surface area is 107 Å². The van der Waals surface area contributed by atoms with Crippen LogP contribution in [0, 0.1) is 0 Å². The number of esters is 1. The molecule has 0 aliphatic rings. The van der Waals surface area contributed by atoms with Gasteiger partial charge < -0.3 is 9.64 Å². The average Bonchev–Trinajstić information content (AvgIpc) is 2.28. The third-order valence-corrected chi connectivity index (χ3v) is 2.40. The molecule has 0 aromatic rings. The SMILES string of the molecule is C=C(C)C(=O)OCCC[SiH3].C=CC(=O)N(C)C. The van der Waals surface area contributed by atoms with Crippen LogP contribution in [0.2, 0.25) is 6.04 Å². The highest BCUT2D eigenvalue weighted by Gasteiger charge is 2.00. The molecule has 0 saturated carbocycles. The fraction of sp³-hybridized carbons (Fsp3) is 0.500. The summed E-state index contributed by atoms with van der Waals surface area (Å²) in [6, 6.07) is 1.18. The Morgan fingerprint density at radius 3 is 2.18 bits per heavy atom. The Balaban J connectivity index is 0. The van der Waals surface area contributed by atoms with E-state index >= 15 is 0 Å². The van der Waals surface area contributed by atoms with Crippen molar-refractivity contribution >= 4 is 22.1 Å². The van der Waals surface area contributed by atoms with E-state index in [2.05, 4.69) is 13.2 Å². The monoisotopic (exact) mass is 257 g/mol. The lowest BCUT2D eigenvalue weighted by molar-refractivity contribution is -0.138. The zero-order chi connectivity index (χ0) is 13.8. The van der Waals surface area contributed by atoms with E-state index in [0.29, 0.717) is 12.2 Å². The van der Waals surface area contributed by atoms with Crippen LogP contribution in [-0.2, 0) is 14.3 Å². The highest BCUT2D eigenvalue weighted by atomic mass is 28.1. The molecule has 98 valence electrons. The van der Waals surface area contributed by atoms with Gasteiger partial charge in [-0.25, -0.2) is 4.79 Å². The van der Waals surface area contributed by atoms with E-state index in [1.54, 1.807) is 21.0 Å². The minimum absolute atomic E-state index is 0.0556. The Bertz CT molecular complexity index is 275. The minimum atomic E-state index is -0.268. The number of ether oxygens (including phenoxy) is 1. The van der Waals surface area contributed by atoms with Crippen LogP contribution >= 0.6 is 0 Å². The van der Waals surface area contributed by atoms with Crippen LogP contribution in [0.1, 0.15) is 13.3 Å². The number of amides is 1. The summed E-state index contributed by atoms with van der Waals surface area (Å²) in [6.45, 7) is 8.97. The third kappa shape index (κ3) is 12.6. The molecule has 0 aliphatic carbocycles. The smallest absolute Gasteiger partial charge is 0.333 e. The van der Waals surface area contributed by atoms with E-state index in [1.165, 1.54) is 27.3 Å². The van der Waals surface area contributed by atoms with Crippen molar-refractivity contribution in [2.45, 2.75) is 19.4 Å². The second kappa shape index (κ2) is 11.1. The predicted molar refractivity (Wildman–Crippen MR) is 74.0 cm³/mol. The van der Waals surface area contributed by atoms with Crippen LogP contribution in [0.5, 0.6) is 0 Å². The molecule has 0 N–H and O–H groups in total. The lowest BCUT2D eigenvalue weighted by Gasteiger charge is -2.03. The lowest BCUT2D eigenvalue weighted by Crippen LogP contribution is -2.18. The quantitative estimate of drug-likeness (QED) is 0.312. The molecule has 0 atom stereocenters. The van der Waals surface area contributed by atoms with Gasteiger partial charge >= 0.3 is 5.97 Å². The number of nitrogens with zero attached hydrogens (tertiary/aromatic N) is 1. The molecule has 0 spiro atoms. The first kappa shape index (κ1) is 18.0. The summed E-state index contributed by atoms with van der Waals surface area (Å²) in [7, 11) is 4.55. The standard InChI is InChI=1S/C7H14O2Si.C5H9NO/c1-6(2)7(8)9-4-3-5-10;1-4-5(7)6(2)3/h1,3-5H2,2,10H3;4H,1H2,2-3H3. The maximum Gasteiger partial charge on any atom is 0.333 e. The molecule has 0 fully saturated rings. The van der Waals surface area contributed by atoms with Crippen molar-refractivity contribution in [1.82, 2.24) is 4.90 Å². The molecule has 0 rings (SSSR count). The summed E-state index contributed by atoms with van der Waals surface area (Å²) in [5, 5.41) is 0. The third-order valence-electron chi connectivity index (χ3n) is 1.69. The van der Waals surface area contributed by atoms with Gasteiger partial charge in [-0.05, 0) is 19.4 Å². The van der Waals surface area contributed by atoms with Gasteiger partial charge in [0.1, 0.15) is 0 Å². The van der Waals surface area contributed by atoms with Gasteiger partial charge in [-0.15, -0.1) is 0 Å². The Kier molecular flexibility index (Phi) is 11.8. The van der Waals surface area contributed by atoms with Gasteiger partial charge in [-0.1, -0.05) is 19.2 Å². The van der Waals surface area contributed by atoms with E-state index in [-0.39, 0.29) is 11.9 Å². The van der Waals surface area contributed by atoms with Crippen molar-refractivity contribution < 1.29 is 14.3 Å². The molecule has 0 saturated heterocycles. The van der Waals surface area contributed by atoms with Crippen molar-refractivity contribution in [1.29, 1.82) is 0 Å². The Morgan fingerprint density at radius 2 is 1.94 bits per heavy atom.